The van der Waals surface area contributed by atoms with Crippen LogP contribution in [0.1, 0.15) is 49.9 Å². The van der Waals surface area contributed by atoms with Crippen LogP contribution >= 0.6 is 0 Å². The Morgan fingerprint density at radius 2 is 1.97 bits per heavy atom. The van der Waals surface area contributed by atoms with E-state index in [1.54, 1.807) is 0 Å². The average Bonchev–Trinajstić information content (AvgIpc) is 2.96. The fourth-order valence-electron chi connectivity index (χ4n) is 5.73. The first-order chi connectivity index (χ1) is 14.5. The number of hydrogen-bond acceptors (Lipinski definition) is 5. The number of ether oxygens (including phenoxy) is 3. The first-order valence-corrected chi connectivity index (χ1v) is 10.4. The van der Waals surface area contributed by atoms with E-state index in [9.17, 15) is 22.8 Å². The summed E-state index contributed by atoms with van der Waals surface area (Å²) in [6, 6.07) is 4.85. The SMILES string of the molecule is C=C1C(=O)OC2C1CCC1(C)CCC(OC(=O)c3cccc(OC(F)(F)F)c3)C(C)C21. The Bertz CT molecular complexity index is 911. The Labute approximate surface area is 178 Å². The van der Waals surface area contributed by atoms with Crippen LogP contribution in [0.25, 0.3) is 0 Å². The molecule has 4 rings (SSSR count). The second-order valence-electron chi connectivity index (χ2n) is 9.14. The number of benzene rings is 1. The van der Waals surface area contributed by atoms with Crippen LogP contribution < -0.4 is 4.74 Å². The zero-order valence-corrected chi connectivity index (χ0v) is 17.4. The maximum absolute atomic E-state index is 12.7. The predicted octanol–water partition coefficient (Wildman–Crippen LogP) is 5.05. The van der Waals surface area contributed by atoms with Crippen LogP contribution in [0.4, 0.5) is 13.2 Å². The van der Waals surface area contributed by atoms with Gasteiger partial charge in [-0.2, -0.15) is 0 Å². The lowest BCUT2D eigenvalue weighted by Gasteiger charge is -2.54. The van der Waals surface area contributed by atoms with E-state index in [4.69, 9.17) is 9.47 Å². The third-order valence-corrected chi connectivity index (χ3v) is 7.25. The van der Waals surface area contributed by atoms with Crippen molar-refractivity contribution in [1.82, 2.24) is 0 Å². The van der Waals surface area contributed by atoms with E-state index in [1.165, 1.54) is 12.1 Å². The Balaban J connectivity index is 1.50. The first kappa shape index (κ1) is 21.7. The summed E-state index contributed by atoms with van der Waals surface area (Å²) in [5.74, 6) is -1.61. The summed E-state index contributed by atoms with van der Waals surface area (Å²) < 4.78 is 52.7. The van der Waals surface area contributed by atoms with Crippen LogP contribution in [0.5, 0.6) is 5.75 Å². The third kappa shape index (κ3) is 4.04. The predicted molar refractivity (Wildman–Crippen MR) is 104 cm³/mol. The second-order valence-corrected chi connectivity index (χ2v) is 9.14. The highest BCUT2D eigenvalue weighted by Crippen LogP contribution is 2.58. The van der Waals surface area contributed by atoms with Crippen LogP contribution in [-0.2, 0) is 14.3 Å². The fourth-order valence-corrected chi connectivity index (χ4v) is 5.73. The number of hydrogen-bond donors (Lipinski definition) is 0. The Morgan fingerprint density at radius 1 is 1.26 bits per heavy atom. The van der Waals surface area contributed by atoms with E-state index >= 15 is 0 Å². The largest absolute Gasteiger partial charge is 0.573 e. The van der Waals surface area contributed by atoms with Crippen molar-refractivity contribution in [3.8, 4) is 5.75 Å². The molecule has 6 atom stereocenters. The van der Waals surface area contributed by atoms with Gasteiger partial charge in [-0.15, -0.1) is 13.2 Å². The van der Waals surface area contributed by atoms with Crippen molar-refractivity contribution in [2.24, 2.45) is 23.2 Å². The lowest BCUT2D eigenvalue weighted by molar-refractivity contribution is -0.274. The number of carbonyl (C=O) groups excluding carboxylic acids is 2. The lowest BCUT2D eigenvalue weighted by atomic mass is 9.53. The molecule has 0 spiro atoms. The number of halogens is 3. The summed E-state index contributed by atoms with van der Waals surface area (Å²) in [6.45, 7) is 8.07. The second kappa shape index (κ2) is 7.57. The fraction of sp³-hybridized carbons (Fsp3) is 0.565. The summed E-state index contributed by atoms with van der Waals surface area (Å²) in [4.78, 5) is 24.8. The van der Waals surface area contributed by atoms with Crippen LogP contribution in [0.15, 0.2) is 36.4 Å². The molecule has 5 nitrogen and oxygen atoms in total. The van der Waals surface area contributed by atoms with Crippen molar-refractivity contribution in [2.75, 3.05) is 0 Å². The molecule has 0 aromatic heterocycles. The molecule has 0 amide bonds. The molecule has 3 aliphatic rings. The van der Waals surface area contributed by atoms with Gasteiger partial charge in [-0.3, -0.25) is 0 Å². The number of rotatable bonds is 3. The minimum atomic E-state index is -4.84. The highest BCUT2D eigenvalue weighted by Gasteiger charge is 2.58. The highest BCUT2D eigenvalue weighted by molar-refractivity contribution is 5.91. The molecule has 0 N–H and O–H groups in total. The van der Waals surface area contributed by atoms with Crippen molar-refractivity contribution < 1.29 is 37.0 Å². The molecular formula is C23H25F3O5. The lowest BCUT2D eigenvalue weighted by Crippen LogP contribution is -2.53. The van der Waals surface area contributed by atoms with E-state index < -0.39 is 24.2 Å². The topological polar surface area (TPSA) is 61.8 Å². The molecule has 1 heterocycles. The van der Waals surface area contributed by atoms with Gasteiger partial charge in [0.1, 0.15) is 18.0 Å². The van der Waals surface area contributed by atoms with Gasteiger partial charge in [-0.25, -0.2) is 9.59 Å². The van der Waals surface area contributed by atoms with Gasteiger partial charge in [-0.1, -0.05) is 26.5 Å². The monoisotopic (exact) mass is 438 g/mol. The molecule has 2 saturated carbocycles. The molecule has 2 aliphatic carbocycles. The number of fused-ring (bicyclic) bond motifs is 3. The summed E-state index contributed by atoms with van der Waals surface area (Å²) in [5, 5.41) is 0. The normalized spacial score (nSPS) is 35.1. The molecule has 168 valence electrons. The van der Waals surface area contributed by atoms with E-state index in [1.807, 2.05) is 6.92 Å². The van der Waals surface area contributed by atoms with Crippen LogP contribution in [0.3, 0.4) is 0 Å². The molecule has 1 aromatic rings. The molecule has 1 saturated heterocycles. The zero-order valence-electron chi connectivity index (χ0n) is 17.4. The highest BCUT2D eigenvalue weighted by atomic mass is 19.4. The van der Waals surface area contributed by atoms with Crippen molar-refractivity contribution in [3.05, 3.63) is 42.0 Å². The standard InChI is InChI=1S/C23H25F3O5/c1-12-16-7-9-22(3)10-8-17(13(2)18(22)19(16)30-20(12)27)29-21(28)14-5-4-6-15(11-14)31-23(24,25)26/h4-6,11,13,16-19H,1,7-10H2,2-3H3. The van der Waals surface area contributed by atoms with Crippen molar-refractivity contribution in [3.63, 3.8) is 0 Å². The zero-order chi connectivity index (χ0) is 22.6. The molecule has 6 unspecified atom stereocenters. The molecule has 8 heteroatoms. The molecule has 0 radical (unpaired) electrons. The number of alkyl halides is 3. The maximum atomic E-state index is 12.7. The van der Waals surface area contributed by atoms with Crippen LogP contribution in [-0.4, -0.2) is 30.5 Å². The van der Waals surface area contributed by atoms with E-state index in [-0.39, 0.29) is 40.8 Å². The summed E-state index contributed by atoms with van der Waals surface area (Å²) >= 11 is 0. The van der Waals surface area contributed by atoms with Gasteiger partial charge >= 0.3 is 18.3 Å². The molecule has 0 bridgehead atoms. The number of esters is 2. The van der Waals surface area contributed by atoms with Gasteiger partial charge in [0.15, 0.2) is 0 Å². The molecule has 1 aliphatic heterocycles. The van der Waals surface area contributed by atoms with Crippen LogP contribution in [0, 0.1) is 23.2 Å². The Morgan fingerprint density at radius 3 is 2.68 bits per heavy atom. The quantitative estimate of drug-likeness (QED) is 0.488. The minimum Gasteiger partial charge on any atom is -0.458 e. The van der Waals surface area contributed by atoms with Gasteiger partial charge < -0.3 is 14.2 Å². The molecular weight excluding hydrogens is 413 g/mol. The van der Waals surface area contributed by atoms with Gasteiger partial charge in [0, 0.05) is 23.3 Å². The average molecular weight is 438 g/mol. The van der Waals surface area contributed by atoms with Crippen molar-refractivity contribution in [1.29, 1.82) is 0 Å². The van der Waals surface area contributed by atoms with E-state index in [0.29, 0.717) is 12.0 Å². The van der Waals surface area contributed by atoms with E-state index in [2.05, 4.69) is 18.2 Å². The third-order valence-electron chi connectivity index (χ3n) is 7.25. The molecule has 1 aromatic carbocycles. The smallest absolute Gasteiger partial charge is 0.458 e. The van der Waals surface area contributed by atoms with Gasteiger partial charge in [0.25, 0.3) is 0 Å². The summed E-state index contributed by atoms with van der Waals surface area (Å²) in [7, 11) is 0. The van der Waals surface area contributed by atoms with Crippen LogP contribution in [0.2, 0.25) is 0 Å². The number of carbonyl (C=O) groups is 2. The van der Waals surface area contributed by atoms with Gasteiger partial charge in [-0.05, 0) is 49.3 Å². The summed E-state index contributed by atoms with van der Waals surface area (Å²) in [5.41, 5.74) is 0.471. The van der Waals surface area contributed by atoms with Crippen molar-refractivity contribution in [2.45, 2.75) is 58.1 Å². The van der Waals surface area contributed by atoms with Gasteiger partial charge in [0.2, 0.25) is 0 Å². The maximum Gasteiger partial charge on any atom is 0.573 e. The molecule has 31 heavy (non-hydrogen) atoms. The Hall–Kier alpha value is -2.51. The first-order valence-electron chi connectivity index (χ1n) is 10.4. The van der Waals surface area contributed by atoms with Crippen molar-refractivity contribution >= 4 is 11.9 Å². The Kier molecular flexibility index (Phi) is 5.30. The van der Waals surface area contributed by atoms with Gasteiger partial charge in [0.05, 0.1) is 5.56 Å². The summed E-state index contributed by atoms with van der Waals surface area (Å²) in [6.07, 6.45) is -2.30. The molecule has 3 fully saturated rings. The van der Waals surface area contributed by atoms with E-state index in [0.717, 1.165) is 31.4 Å². The minimum absolute atomic E-state index is 0.00974.